The quantitative estimate of drug-likeness (QED) is 0.373. The minimum Gasteiger partial charge on any atom is -0.0610 e. The smallest absolute Gasteiger partial charge is 0.00179 e. The zero-order chi connectivity index (χ0) is 11.4. The molecule has 4 aromatic carbocycles. The zero-order valence-electron chi connectivity index (χ0n) is 9.62. The summed E-state index contributed by atoms with van der Waals surface area (Å²) in [6, 6.07) is 20.7. The molecule has 0 spiro atoms. The average Bonchev–Trinajstić information content (AvgIpc) is 2.37. The van der Waals surface area contributed by atoms with Crippen molar-refractivity contribution in [1.82, 2.24) is 0 Å². The highest BCUT2D eigenvalue weighted by Gasteiger charge is 2.08. The van der Waals surface area contributed by atoms with Crippen LogP contribution < -0.4 is 0 Å². The summed E-state index contributed by atoms with van der Waals surface area (Å²) >= 11 is 0. The van der Waals surface area contributed by atoms with Gasteiger partial charge in [0.25, 0.3) is 0 Å². The molecule has 0 N–H and O–H groups in total. The summed E-state index contributed by atoms with van der Waals surface area (Å²) in [7, 11) is 0. The fraction of sp³-hybridized carbons (Fsp3) is 0.0588. The molecule has 79 valence electrons. The minimum atomic E-state index is 1.22. The van der Waals surface area contributed by atoms with Crippen LogP contribution in [0.1, 0.15) is 5.56 Å². The molecule has 0 heteroatoms. The van der Waals surface area contributed by atoms with Gasteiger partial charge in [-0.3, -0.25) is 0 Å². The molecule has 0 aromatic heterocycles. The molecule has 0 saturated heterocycles. The summed E-state index contributed by atoms with van der Waals surface area (Å²) in [5.74, 6) is 0. The van der Waals surface area contributed by atoms with Gasteiger partial charge in [0.1, 0.15) is 0 Å². The topological polar surface area (TPSA) is 0 Å². The van der Waals surface area contributed by atoms with Gasteiger partial charge in [-0.05, 0) is 50.9 Å². The molecular formula is C17H11. The van der Waals surface area contributed by atoms with Gasteiger partial charge in [-0.2, -0.15) is 0 Å². The predicted octanol–water partition coefficient (Wildman–Crippen LogP) is 4.69. The first-order valence-corrected chi connectivity index (χ1v) is 5.89. The first-order valence-electron chi connectivity index (χ1n) is 5.89. The lowest BCUT2D eigenvalue weighted by atomic mass is 9.92. The van der Waals surface area contributed by atoms with Crippen molar-refractivity contribution in [3.63, 3.8) is 0 Å². The third kappa shape index (κ3) is 1.07. The maximum absolute atomic E-state index is 3.34. The fourth-order valence-corrected chi connectivity index (χ4v) is 2.87. The van der Waals surface area contributed by atoms with Gasteiger partial charge in [-0.15, -0.1) is 0 Å². The molecule has 0 saturated carbocycles. The molecule has 0 aliphatic heterocycles. The monoisotopic (exact) mass is 215 g/mol. The predicted molar refractivity (Wildman–Crippen MR) is 73.7 cm³/mol. The maximum Gasteiger partial charge on any atom is -0.00179 e. The second kappa shape index (κ2) is 2.98. The van der Waals surface area contributed by atoms with Crippen LogP contribution in [0.2, 0.25) is 0 Å². The van der Waals surface area contributed by atoms with Gasteiger partial charge >= 0.3 is 0 Å². The highest BCUT2D eigenvalue weighted by atomic mass is 14.1. The van der Waals surface area contributed by atoms with E-state index >= 15 is 0 Å². The third-order valence-corrected chi connectivity index (χ3v) is 3.63. The molecule has 0 aliphatic rings. The van der Waals surface area contributed by atoms with Gasteiger partial charge in [0.15, 0.2) is 0 Å². The Labute approximate surface area is 99.8 Å². The molecule has 17 heavy (non-hydrogen) atoms. The standard InChI is InChI=1S/C17H11/c1-11-10-14-6-2-4-12-8-9-13-5-3-7-15(11)17(13)16(12)14/h2-4,6-10H,1H3. The van der Waals surface area contributed by atoms with E-state index in [0.717, 1.165) is 0 Å². The van der Waals surface area contributed by atoms with Crippen LogP contribution in [0.3, 0.4) is 0 Å². The van der Waals surface area contributed by atoms with Crippen molar-refractivity contribution in [2.75, 3.05) is 0 Å². The van der Waals surface area contributed by atoms with Crippen LogP contribution in [0.4, 0.5) is 0 Å². The molecule has 0 aliphatic carbocycles. The van der Waals surface area contributed by atoms with Crippen molar-refractivity contribution in [2.45, 2.75) is 6.92 Å². The fourth-order valence-electron chi connectivity index (χ4n) is 2.87. The normalized spacial score (nSPS) is 11.8. The van der Waals surface area contributed by atoms with Gasteiger partial charge in [-0.25, -0.2) is 0 Å². The summed E-state index contributed by atoms with van der Waals surface area (Å²) in [5.41, 5.74) is 1.34. The van der Waals surface area contributed by atoms with Gasteiger partial charge in [0.05, 0.1) is 0 Å². The largest absolute Gasteiger partial charge is 0.0610 e. The zero-order valence-corrected chi connectivity index (χ0v) is 9.62. The van der Waals surface area contributed by atoms with E-state index in [1.54, 1.807) is 0 Å². The van der Waals surface area contributed by atoms with E-state index in [9.17, 15) is 0 Å². The lowest BCUT2D eigenvalue weighted by Crippen LogP contribution is -1.86. The molecule has 0 bridgehead atoms. The van der Waals surface area contributed by atoms with Gasteiger partial charge < -0.3 is 0 Å². The number of hydrogen-bond acceptors (Lipinski definition) is 0. The lowest BCUT2D eigenvalue weighted by molar-refractivity contribution is 1.56. The molecule has 4 rings (SSSR count). The van der Waals surface area contributed by atoms with Crippen molar-refractivity contribution in [3.05, 3.63) is 60.2 Å². The van der Waals surface area contributed by atoms with Gasteiger partial charge in [0.2, 0.25) is 0 Å². The van der Waals surface area contributed by atoms with Crippen molar-refractivity contribution in [3.8, 4) is 0 Å². The van der Waals surface area contributed by atoms with Gasteiger partial charge in [-0.1, -0.05) is 48.5 Å². The Bertz CT molecular complexity index is 840. The summed E-state index contributed by atoms with van der Waals surface area (Å²) in [6.07, 6.45) is 0. The van der Waals surface area contributed by atoms with Crippen molar-refractivity contribution >= 4 is 32.3 Å². The number of rotatable bonds is 0. The summed E-state index contributed by atoms with van der Waals surface area (Å²) in [6.45, 7) is 2.18. The number of benzene rings is 4. The second-order valence-electron chi connectivity index (χ2n) is 4.65. The first kappa shape index (κ1) is 9.00. The number of hydrogen-bond donors (Lipinski definition) is 0. The highest BCUT2D eigenvalue weighted by molar-refractivity contribution is 6.23. The Hall–Kier alpha value is -2.08. The van der Waals surface area contributed by atoms with E-state index in [4.69, 9.17) is 0 Å². The van der Waals surface area contributed by atoms with E-state index in [-0.39, 0.29) is 0 Å². The Kier molecular flexibility index (Phi) is 1.58. The van der Waals surface area contributed by atoms with Crippen LogP contribution in [0.15, 0.2) is 48.5 Å². The molecule has 0 heterocycles. The molecule has 1 radical (unpaired) electrons. The van der Waals surface area contributed by atoms with E-state index in [1.807, 2.05) is 6.07 Å². The van der Waals surface area contributed by atoms with E-state index < -0.39 is 0 Å². The Morgan fingerprint density at radius 1 is 0.882 bits per heavy atom. The Morgan fingerprint density at radius 3 is 2.71 bits per heavy atom. The number of aryl methyl sites for hydroxylation is 1. The van der Waals surface area contributed by atoms with Crippen molar-refractivity contribution < 1.29 is 0 Å². The van der Waals surface area contributed by atoms with Crippen LogP contribution in [0, 0.1) is 13.0 Å². The Balaban J connectivity index is 2.50. The SMILES string of the molecule is Cc1cc2cccc3ccc4[c]ccc1c4c32. The van der Waals surface area contributed by atoms with E-state index in [0.29, 0.717) is 0 Å². The van der Waals surface area contributed by atoms with Crippen LogP contribution in [-0.4, -0.2) is 0 Å². The molecule has 0 nitrogen and oxygen atoms in total. The van der Waals surface area contributed by atoms with Crippen molar-refractivity contribution in [1.29, 1.82) is 0 Å². The van der Waals surface area contributed by atoms with E-state index in [2.05, 4.69) is 55.5 Å². The Morgan fingerprint density at radius 2 is 1.76 bits per heavy atom. The molecular weight excluding hydrogens is 204 g/mol. The highest BCUT2D eigenvalue weighted by Crippen LogP contribution is 2.35. The molecule has 0 unspecified atom stereocenters. The average molecular weight is 215 g/mol. The third-order valence-electron chi connectivity index (χ3n) is 3.63. The van der Waals surface area contributed by atoms with Crippen molar-refractivity contribution in [2.24, 2.45) is 0 Å². The maximum atomic E-state index is 3.34. The van der Waals surface area contributed by atoms with Crippen LogP contribution in [-0.2, 0) is 0 Å². The molecule has 0 atom stereocenters. The lowest BCUT2D eigenvalue weighted by Gasteiger charge is -2.12. The van der Waals surface area contributed by atoms with Crippen LogP contribution in [0.5, 0.6) is 0 Å². The van der Waals surface area contributed by atoms with Crippen LogP contribution >= 0.6 is 0 Å². The summed E-state index contributed by atoms with van der Waals surface area (Å²) in [5, 5.41) is 7.96. The summed E-state index contributed by atoms with van der Waals surface area (Å²) < 4.78 is 0. The second-order valence-corrected chi connectivity index (χ2v) is 4.65. The minimum absolute atomic E-state index is 1.22. The molecule has 0 fully saturated rings. The van der Waals surface area contributed by atoms with E-state index in [1.165, 1.54) is 37.9 Å². The molecule has 4 aromatic rings. The van der Waals surface area contributed by atoms with Crippen LogP contribution in [0.25, 0.3) is 32.3 Å². The molecule has 0 amide bonds. The van der Waals surface area contributed by atoms with Gasteiger partial charge in [0, 0.05) is 0 Å². The summed E-state index contributed by atoms with van der Waals surface area (Å²) in [4.78, 5) is 0. The first-order chi connectivity index (χ1) is 8.34.